The van der Waals surface area contributed by atoms with Crippen molar-refractivity contribution in [2.75, 3.05) is 0 Å². The van der Waals surface area contributed by atoms with Gasteiger partial charge >= 0.3 is 5.97 Å². The van der Waals surface area contributed by atoms with Crippen LogP contribution < -0.4 is 0 Å². The third-order valence-electron chi connectivity index (χ3n) is 2.54. The Kier molecular flexibility index (Phi) is 2.71. The molecule has 18 heavy (non-hydrogen) atoms. The van der Waals surface area contributed by atoms with Crippen molar-refractivity contribution in [3.8, 4) is 0 Å². The molecule has 1 aromatic carbocycles. The van der Waals surface area contributed by atoms with Crippen LogP contribution in [0.3, 0.4) is 0 Å². The number of carboxylic acid groups (broad SMARTS) is 1. The van der Waals surface area contributed by atoms with Gasteiger partial charge in [0.2, 0.25) is 4.96 Å². The Morgan fingerprint density at radius 2 is 2.22 bits per heavy atom. The lowest BCUT2D eigenvalue weighted by molar-refractivity contribution is -0.136. The quantitative estimate of drug-likeness (QED) is 0.746. The van der Waals surface area contributed by atoms with Gasteiger partial charge in [-0.1, -0.05) is 35.2 Å². The van der Waals surface area contributed by atoms with Crippen LogP contribution in [0.1, 0.15) is 6.92 Å². The fraction of sp³-hybridized carbons (Fsp3) is 0.182. The van der Waals surface area contributed by atoms with Gasteiger partial charge in [0.1, 0.15) is 5.25 Å². The number of fused-ring (bicyclic) bond motifs is 3. The van der Waals surface area contributed by atoms with Gasteiger partial charge in [-0.2, -0.15) is 0 Å². The summed E-state index contributed by atoms with van der Waals surface area (Å²) < 4.78 is 3.02. The lowest BCUT2D eigenvalue weighted by Crippen LogP contribution is -2.11. The van der Waals surface area contributed by atoms with Crippen LogP contribution in [0.2, 0.25) is 0 Å². The molecule has 92 valence electrons. The van der Waals surface area contributed by atoms with Crippen molar-refractivity contribution in [1.29, 1.82) is 0 Å². The number of aliphatic carboxylic acids is 1. The van der Waals surface area contributed by atoms with Gasteiger partial charge in [-0.15, -0.1) is 10.2 Å². The molecular formula is C11H9N3O2S2. The average Bonchev–Trinajstić information content (AvgIpc) is 2.89. The van der Waals surface area contributed by atoms with Crippen LogP contribution in [-0.2, 0) is 4.79 Å². The Labute approximate surface area is 110 Å². The molecule has 2 aromatic heterocycles. The van der Waals surface area contributed by atoms with Gasteiger partial charge in [-0.3, -0.25) is 9.20 Å². The summed E-state index contributed by atoms with van der Waals surface area (Å²) in [5, 5.41) is 17.2. The van der Waals surface area contributed by atoms with Gasteiger partial charge in [-0.25, -0.2) is 0 Å². The molecule has 7 heteroatoms. The van der Waals surface area contributed by atoms with Crippen molar-refractivity contribution in [1.82, 2.24) is 14.6 Å². The molecule has 1 atom stereocenters. The Bertz CT molecular complexity index is 734. The molecule has 5 nitrogen and oxygen atoms in total. The van der Waals surface area contributed by atoms with Crippen LogP contribution >= 0.6 is 23.1 Å². The third kappa shape index (κ3) is 1.75. The maximum absolute atomic E-state index is 10.9. The maximum atomic E-state index is 10.9. The molecule has 0 aliphatic heterocycles. The molecule has 0 fully saturated rings. The van der Waals surface area contributed by atoms with E-state index in [0.29, 0.717) is 5.16 Å². The number of hydrogen-bond donors (Lipinski definition) is 1. The van der Waals surface area contributed by atoms with Gasteiger partial charge in [0.05, 0.1) is 10.2 Å². The maximum Gasteiger partial charge on any atom is 0.316 e. The molecule has 2 heterocycles. The normalized spacial score (nSPS) is 13.2. The summed E-state index contributed by atoms with van der Waals surface area (Å²) in [5.41, 5.74) is 1.02. The number of rotatable bonds is 3. The Hall–Kier alpha value is -1.60. The molecule has 0 saturated heterocycles. The highest BCUT2D eigenvalue weighted by molar-refractivity contribution is 8.00. The zero-order valence-electron chi connectivity index (χ0n) is 9.40. The summed E-state index contributed by atoms with van der Waals surface area (Å²) in [6, 6.07) is 7.92. The number of benzene rings is 1. The third-order valence-corrected chi connectivity index (χ3v) is 4.58. The van der Waals surface area contributed by atoms with Crippen LogP contribution in [0.4, 0.5) is 0 Å². The van der Waals surface area contributed by atoms with E-state index >= 15 is 0 Å². The fourth-order valence-electron chi connectivity index (χ4n) is 1.64. The van der Waals surface area contributed by atoms with Gasteiger partial charge in [0.25, 0.3) is 0 Å². The van der Waals surface area contributed by atoms with Crippen LogP contribution in [0.25, 0.3) is 15.2 Å². The van der Waals surface area contributed by atoms with Gasteiger partial charge in [-0.05, 0) is 19.1 Å². The Morgan fingerprint density at radius 1 is 1.44 bits per heavy atom. The van der Waals surface area contributed by atoms with Crippen molar-refractivity contribution in [2.24, 2.45) is 0 Å². The summed E-state index contributed by atoms with van der Waals surface area (Å²) in [7, 11) is 0. The first-order valence-electron chi connectivity index (χ1n) is 5.29. The number of carbonyl (C=O) groups is 1. The SMILES string of the molecule is C[C@@H](Sc1nnc2sc3ccccc3n12)C(=O)O. The van der Waals surface area contributed by atoms with Crippen molar-refractivity contribution >= 4 is 44.2 Å². The molecular weight excluding hydrogens is 270 g/mol. The van der Waals surface area contributed by atoms with Gasteiger partial charge in [0, 0.05) is 0 Å². The molecule has 0 bridgehead atoms. The van der Waals surface area contributed by atoms with Gasteiger partial charge < -0.3 is 5.11 Å². The predicted octanol–water partition coefficient (Wildman–Crippen LogP) is 2.51. The second kappa shape index (κ2) is 4.25. The summed E-state index contributed by atoms with van der Waals surface area (Å²) >= 11 is 2.75. The first-order valence-corrected chi connectivity index (χ1v) is 6.98. The largest absolute Gasteiger partial charge is 0.480 e. The molecule has 0 spiro atoms. The molecule has 0 aliphatic rings. The first-order chi connectivity index (χ1) is 8.66. The lowest BCUT2D eigenvalue weighted by atomic mass is 10.3. The number of thiazole rings is 1. The zero-order valence-corrected chi connectivity index (χ0v) is 11.0. The molecule has 3 rings (SSSR count). The van der Waals surface area contributed by atoms with Crippen molar-refractivity contribution < 1.29 is 9.90 Å². The number of hydrogen-bond acceptors (Lipinski definition) is 5. The summed E-state index contributed by atoms with van der Waals surface area (Å²) in [6.45, 7) is 1.64. The highest BCUT2D eigenvalue weighted by atomic mass is 32.2. The standard InChI is InChI=1S/C11H9N3O2S2/c1-6(9(15)16)17-10-12-13-11-14(10)7-4-2-3-5-8(7)18-11/h2-6H,1H3,(H,15,16)/t6-/m1/s1. The summed E-state index contributed by atoms with van der Waals surface area (Å²) in [5.74, 6) is -0.851. The van der Waals surface area contributed by atoms with Crippen molar-refractivity contribution in [3.05, 3.63) is 24.3 Å². The fourth-order valence-corrected chi connectivity index (χ4v) is 3.46. The topological polar surface area (TPSA) is 67.5 Å². The monoisotopic (exact) mass is 279 g/mol. The van der Waals surface area contributed by atoms with Crippen LogP contribution in [0, 0.1) is 0 Å². The second-order valence-corrected chi connectivity index (χ2v) is 6.09. The minimum absolute atomic E-state index is 0.545. The molecule has 0 aliphatic carbocycles. The molecule has 0 amide bonds. The highest BCUT2D eigenvalue weighted by Gasteiger charge is 2.18. The van der Waals surface area contributed by atoms with E-state index in [0.717, 1.165) is 15.2 Å². The van der Waals surface area contributed by atoms with E-state index in [-0.39, 0.29) is 0 Å². The molecule has 1 N–H and O–H groups in total. The van der Waals surface area contributed by atoms with E-state index in [4.69, 9.17) is 5.11 Å². The van der Waals surface area contributed by atoms with Crippen molar-refractivity contribution in [3.63, 3.8) is 0 Å². The van der Waals surface area contributed by atoms with Crippen LogP contribution in [0.15, 0.2) is 29.4 Å². The van der Waals surface area contributed by atoms with Crippen molar-refractivity contribution in [2.45, 2.75) is 17.3 Å². The molecule has 0 radical (unpaired) electrons. The van der Waals surface area contributed by atoms with E-state index in [9.17, 15) is 4.79 Å². The van der Waals surface area contributed by atoms with E-state index in [1.54, 1.807) is 18.3 Å². The Balaban J connectivity index is 2.15. The zero-order chi connectivity index (χ0) is 12.7. The summed E-state index contributed by atoms with van der Waals surface area (Å²) in [6.07, 6.45) is 0. The molecule has 0 saturated carbocycles. The van der Waals surface area contributed by atoms with Crippen LogP contribution in [0.5, 0.6) is 0 Å². The summed E-state index contributed by atoms with van der Waals surface area (Å²) in [4.78, 5) is 11.7. The number of nitrogens with zero attached hydrogens (tertiary/aromatic N) is 3. The first kappa shape index (κ1) is 11.5. The number of thioether (sulfide) groups is 1. The minimum Gasteiger partial charge on any atom is -0.480 e. The highest BCUT2D eigenvalue weighted by Crippen LogP contribution is 2.30. The predicted molar refractivity (Wildman–Crippen MR) is 71.3 cm³/mol. The molecule has 3 aromatic rings. The minimum atomic E-state index is -0.851. The smallest absolute Gasteiger partial charge is 0.316 e. The second-order valence-electron chi connectivity index (χ2n) is 3.77. The number of carboxylic acids is 1. The van der Waals surface area contributed by atoms with Gasteiger partial charge in [0.15, 0.2) is 5.16 Å². The van der Waals surface area contributed by atoms with E-state index in [1.807, 2.05) is 28.7 Å². The van der Waals surface area contributed by atoms with E-state index in [1.165, 1.54) is 11.8 Å². The number of aromatic nitrogens is 3. The van der Waals surface area contributed by atoms with E-state index in [2.05, 4.69) is 10.2 Å². The van der Waals surface area contributed by atoms with E-state index < -0.39 is 11.2 Å². The average molecular weight is 279 g/mol. The number of para-hydroxylation sites is 1. The molecule has 0 unspecified atom stereocenters. The Morgan fingerprint density at radius 3 is 3.00 bits per heavy atom. The van der Waals surface area contributed by atoms with Crippen LogP contribution in [-0.4, -0.2) is 30.9 Å². The lowest BCUT2D eigenvalue weighted by Gasteiger charge is -2.03.